The number of thiazole rings is 1. The Morgan fingerprint density at radius 2 is 2.23 bits per heavy atom. The lowest BCUT2D eigenvalue weighted by Crippen LogP contribution is -2.51. The van der Waals surface area contributed by atoms with Crippen LogP contribution in [0.2, 0.25) is 0 Å². The van der Waals surface area contributed by atoms with Gasteiger partial charge in [0.05, 0.1) is 5.51 Å². The first kappa shape index (κ1) is 18.2. The number of ether oxygens (including phenoxy) is 2. The van der Waals surface area contributed by atoms with E-state index in [2.05, 4.69) is 10.3 Å². The maximum absolute atomic E-state index is 12.0. The van der Waals surface area contributed by atoms with Crippen LogP contribution in [0, 0.1) is 0 Å². The van der Waals surface area contributed by atoms with E-state index in [9.17, 15) is 9.59 Å². The SMILES string of the molecule is NC(=O)O[C@@H](CCc1cncs1)C1CC(Cc2ccccc2)NC(=O)O1. The fraction of sp³-hybridized carbons (Fsp3) is 0.389. The Kier molecular flexibility index (Phi) is 6.06. The number of cyclic esters (lactones) is 1. The van der Waals surface area contributed by atoms with Crippen LogP contribution in [-0.2, 0) is 22.3 Å². The quantitative estimate of drug-likeness (QED) is 0.774. The molecule has 0 spiro atoms. The van der Waals surface area contributed by atoms with Crippen molar-refractivity contribution in [2.24, 2.45) is 5.73 Å². The van der Waals surface area contributed by atoms with Gasteiger partial charge in [-0.2, -0.15) is 0 Å². The molecule has 3 rings (SSSR count). The van der Waals surface area contributed by atoms with Crippen molar-refractivity contribution in [3.8, 4) is 0 Å². The van der Waals surface area contributed by atoms with Crippen molar-refractivity contribution < 1.29 is 19.1 Å². The maximum atomic E-state index is 12.0. The second-order valence-corrected chi connectivity index (χ2v) is 7.16. The van der Waals surface area contributed by atoms with E-state index in [4.69, 9.17) is 15.2 Å². The summed E-state index contributed by atoms with van der Waals surface area (Å²) in [6, 6.07) is 9.80. The van der Waals surface area contributed by atoms with E-state index in [1.54, 1.807) is 11.7 Å². The van der Waals surface area contributed by atoms with E-state index in [1.807, 2.05) is 30.3 Å². The number of hydrogen-bond donors (Lipinski definition) is 2. The monoisotopic (exact) mass is 375 g/mol. The highest BCUT2D eigenvalue weighted by Gasteiger charge is 2.35. The Balaban J connectivity index is 1.65. The van der Waals surface area contributed by atoms with Crippen LogP contribution in [0.3, 0.4) is 0 Å². The Morgan fingerprint density at radius 3 is 2.92 bits per heavy atom. The second kappa shape index (κ2) is 8.66. The molecule has 0 bridgehead atoms. The first-order valence-electron chi connectivity index (χ1n) is 8.44. The molecule has 2 amide bonds. The molecule has 7 nitrogen and oxygen atoms in total. The van der Waals surface area contributed by atoms with Crippen LogP contribution >= 0.6 is 11.3 Å². The van der Waals surface area contributed by atoms with Gasteiger partial charge in [-0.3, -0.25) is 4.98 Å². The number of nitrogens with zero attached hydrogens (tertiary/aromatic N) is 1. The molecule has 0 saturated carbocycles. The highest BCUT2D eigenvalue weighted by atomic mass is 32.1. The molecule has 0 aliphatic carbocycles. The Bertz CT molecular complexity index is 723. The Morgan fingerprint density at radius 1 is 1.42 bits per heavy atom. The molecular weight excluding hydrogens is 354 g/mol. The van der Waals surface area contributed by atoms with Crippen molar-refractivity contribution in [1.82, 2.24) is 10.3 Å². The molecule has 3 N–H and O–H groups in total. The Hall–Kier alpha value is -2.61. The molecule has 8 heteroatoms. The first-order chi connectivity index (χ1) is 12.6. The second-order valence-electron chi connectivity index (χ2n) is 6.19. The normalized spacial score (nSPS) is 20.7. The highest BCUT2D eigenvalue weighted by molar-refractivity contribution is 7.09. The van der Waals surface area contributed by atoms with Gasteiger partial charge in [0, 0.05) is 23.5 Å². The summed E-state index contributed by atoms with van der Waals surface area (Å²) in [7, 11) is 0. The Labute approximate surface area is 155 Å². The fourth-order valence-corrected chi connectivity index (χ4v) is 3.72. The van der Waals surface area contributed by atoms with Crippen LogP contribution in [0.4, 0.5) is 9.59 Å². The molecule has 2 unspecified atom stereocenters. The number of amides is 2. The van der Waals surface area contributed by atoms with Crippen molar-refractivity contribution in [2.45, 2.75) is 43.9 Å². The lowest BCUT2D eigenvalue weighted by molar-refractivity contribution is -0.0321. The van der Waals surface area contributed by atoms with E-state index < -0.39 is 24.4 Å². The van der Waals surface area contributed by atoms with Gasteiger partial charge in [-0.05, 0) is 24.8 Å². The van der Waals surface area contributed by atoms with E-state index in [1.165, 1.54) is 11.3 Å². The van der Waals surface area contributed by atoms with Crippen LogP contribution in [0.15, 0.2) is 42.0 Å². The summed E-state index contributed by atoms with van der Waals surface area (Å²) >= 11 is 1.53. The largest absolute Gasteiger partial charge is 0.442 e. The molecule has 1 aliphatic heterocycles. The van der Waals surface area contributed by atoms with Gasteiger partial charge in [0.25, 0.3) is 0 Å². The number of alkyl carbamates (subject to hydrolysis) is 1. The summed E-state index contributed by atoms with van der Waals surface area (Å²) in [6.07, 6.45) is 1.71. The summed E-state index contributed by atoms with van der Waals surface area (Å²) < 4.78 is 10.6. The van der Waals surface area contributed by atoms with E-state index >= 15 is 0 Å². The molecule has 26 heavy (non-hydrogen) atoms. The number of nitrogens with two attached hydrogens (primary N) is 1. The minimum atomic E-state index is -0.867. The average molecular weight is 375 g/mol. The van der Waals surface area contributed by atoms with Crippen LogP contribution < -0.4 is 11.1 Å². The van der Waals surface area contributed by atoms with Crippen LogP contribution in [0.1, 0.15) is 23.3 Å². The third kappa shape index (κ3) is 5.19. The van der Waals surface area contributed by atoms with Crippen molar-refractivity contribution in [3.05, 3.63) is 52.5 Å². The lowest BCUT2D eigenvalue weighted by Gasteiger charge is -2.34. The number of aryl methyl sites for hydroxylation is 1. The predicted molar refractivity (Wildman–Crippen MR) is 96.8 cm³/mol. The zero-order valence-corrected chi connectivity index (χ0v) is 15.0. The van der Waals surface area contributed by atoms with E-state index in [0.717, 1.165) is 10.4 Å². The smallest absolute Gasteiger partial charge is 0.407 e. The summed E-state index contributed by atoms with van der Waals surface area (Å²) in [5.41, 5.74) is 8.09. The van der Waals surface area contributed by atoms with Crippen molar-refractivity contribution in [1.29, 1.82) is 0 Å². The van der Waals surface area contributed by atoms with Gasteiger partial charge in [-0.25, -0.2) is 9.59 Å². The summed E-state index contributed by atoms with van der Waals surface area (Å²) in [4.78, 5) is 28.4. The van der Waals surface area contributed by atoms with Crippen LogP contribution in [0.5, 0.6) is 0 Å². The van der Waals surface area contributed by atoms with Gasteiger partial charge < -0.3 is 20.5 Å². The minimum absolute atomic E-state index is 0.0916. The van der Waals surface area contributed by atoms with Crippen molar-refractivity contribution in [2.75, 3.05) is 0 Å². The number of primary amides is 1. The molecule has 1 aromatic carbocycles. The highest BCUT2D eigenvalue weighted by Crippen LogP contribution is 2.22. The topological polar surface area (TPSA) is 104 Å². The molecule has 0 radical (unpaired) electrons. The predicted octanol–water partition coefficient (Wildman–Crippen LogP) is 2.65. The zero-order valence-electron chi connectivity index (χ0n) is 14.2. The molecular formula is C18H21N3O4S. The summed E-state index contributed by atoms with van der Waals surface area (Å²) in [5, 5.41) is 2.83. The molecule has 138 valence electrons. The van der Waals surface area contributed by atoms with Crippen LogP contribution in [-0.4, -0.2) is 35.4 Å². The van der Waals surface area contributed by atoms with Gasteiger partial charge in [-0.15, -0.1) is 11.3 Å². The number of nitrogens with one attached hydrogen (secondary N) is 1. The third-order valence-electron chi connectivity index (χ3n) is 4.26. The molecule has 2 heterocycles. The van der Waals surface area contributed by atoms with E-state index in [-0.39, 0.29) is 6.04 Å². The molecule has 2 aromatic rings. The van der Waals surface area contributed by atoms with Gasteiger partial charge in [0.15, 0.2) is 0 Å². The zero-order chi connectivity index (χ0) is 18.4. The molecule has 1 aliphatic rings. The minimum Gasteiger partial charge on any atom is -0.442 e. The number of carbonyl (C=O) groups excluding carboxylic acids is 2. The molecule has 1 saturated heterocycles. The van der Waals surface area contributed by atoms with Crippen molar-refractivity contribution >= 4 is 23.5 Å². The number of hydrogen-bond acceptors (Lipinski definition) is 6. The van der Waals surface area contributed by atoms with E-state index in [0.29, 0.717) is 25.7 Å². The van der Waals surface area contributed by atoms with Gasteiger partial charge in [0.1, 0.15) is 12.2 Å². The standard InChI is InChI=1S/C18H21N3O4S/c19-17(22)24-15(7-6-14-10-20-11-26-14)16-9-13(21-18(23)25-16)8-12-4-2-1-3-5-12/h1-5,10-11,13,15-16H,6-9H2,(H2,19,22)(H,21,23)/t13?,15-,16?/m0/s1. The molecule has 3 atom stereocenters. The summed E-state index contributed by atoms with van der Waals surface area (Å²) in [6.45, 7) is 0. The van der Waals surface area contributed by atoms with Gasteiger partial charge >= 0.3 is 12.2 Å². The first-order valence-corrected chi connectivity index (χ1v) is 9.32. The molecule has 1 aromatic heterocycles. The average Bonchev–Trinajstić information content (AvgIpc) is 3.12. The number of rotatable bonds is 7. The fourth-order valence-electron chi connectivity index (χ4n) is 3.11. The number of aromatic nitrogens is 1. The van der Waals surface area contributed by atoms with Gasteiger partial charge in [0.2, 0.25) is 0 Å². The number of benzene rings is 1. The third-order valence-corrected chi connectivity index (χ3v) is 5.10. The summed E-state index contributed by atoms with van der Waals surface area (Å²) in [5.74, 6) is 0. The lowest BCUT2D eigenvalue weighted by atomic mass is 9.95. The maximum Gasteiger partial charge on any atom is 0.407 e. The van der Waals surface area contributed by atoms with Crippen molar-refractivity contribution in [3.63, 3.8) is 0 Å². The number of carbonyl (C=O) groups is 2. The molecule has 1 fully saturated rings. The van der Waals surface area contributed by atoms with Gasteiger partial charge in [-0.1, -0.05) is 30.3 Å². The van der Waals surface area contributed by atoms with Crippen LogP contribution in [0.25, 0.3) is 0 Å².